The van der Waals surface area contributed by atoms with Gasteiger partial charge >= 0.3 is 11.9 Å². The third-order valence-corrected chi connectivity index (χ3v) is 6.05. The number of halogens is 3. The molecule has 0 aromatic heterocycles. The first kappa shape index (κ1) is 29.4. The van der Waals surface area contributed by atoms with Crippen molar-refractivity contribution in [1.29, 1.82) is 0 Å². The molecule has 4 nitrogen and oxygen atoms in total. The molecule has 0 fully saturated rings. The van der Waals surface area contributed by atoms with Gasteiger partial charge in [-0.25, -0.2) is 22.8 Å². The van der Waals surface area contributed by atoms with Crippen molar-refractivity contribution in [2.45, 2.75) is 90.6 Å². The highest BCUT2D eigenvalue weighted by Crippen LogP contribution is 2.18. The van der Waals surface area contributed by atoms with Crippen molar-refractivity contribution in [2.24, 2.45) is 0 Å². The average Bonchev–Trinajstić information content (AvgIpc) is 2.87. The predicted octanol–water partition coefficient (Wildman–Crippen LogP) is 8.32. The first-order valence-electron chi connectivity index (χ1n) is 13.0. The number of carbonyl (C=O) groups excluding carboxylic acids is 2. The number of esters is 2. The van der Waals surface area contributed by atoms with Crippen LogP contribution in [0.1, 0.15) is 110 Å². The Morgan fingerprint density at radius 3 is 1.67 bits per heavy atom. The quantitative estimate of drug-likeness (QED) is 0.123. The van der Waals surface area contributed by atoms with Gasteiger partial charge in [-0.15, -0.1) is 0 Å². The summed E-state index contributed by atoms with van der Waals surface area (Å²) >= 11 is 0. The van der Waals surface area contributed by atoms with Crippen molar-refractivity contribution in [1.82, 2.24) is 0 Å². The zero-order chi connectivity index (χ0) is 26.2. The summed E-state index contributed by atoms with van der Waals surface area (Å²) < 4.78 is 50.5. The summed E-state index contributed by atoms with van der Waals surface area (Å²) in [4.78, 5) is 25.0. The summed E-state index contributed by atoms with van der Waals surface area (Å²) in [6.45, 7) is 1.87. The molecule has 7 heteroatoms. The van der Waals surface area contributed by atoms with E-state index in [0.717, 1.165) is 19.3 Å². The van der Waals surface area contributed by atoms with Crippen molar-refractivity contribution < 1.29 is 32.2 Å². The van der Waals surface area contributed by atoms with Crippen molar-refractivity contribution in [3.05, 3.63) is 70.5 Å². The number of ether oxygens (including phenoxy) is 2. The Balaban J connectivity index is 1.68. The number of carbonyl (C=O) groups is 2. The molecular weight excluding hydrogens is 469 g/mol. The van der Waals surface area contributed by atoms with E-state index in [4.69, 9.17) is 9.47 Å². The molecule has 0 unspecified atom stereocenters. The molecule has 0 amide bonds. The van der Waals surface area contributed by atoms with Gasteiger partial charge in [-0.2, -0.15) is 0 Å². The zero-order valence-corrected chi connectivity index (χ0v) is 21.1. The van der Waals surface area contributed by atoms with Gasteiger partial charge in [0.1, 0.15) is 12.4 Å². The molecule has 36 heavy (non-hydrogen) atoms. The van der Waals surface area contributed by atoms with E-state index in [1.165, 1.54) is 69.9 Å². The Labute approximate surface area is 212 Å². The summed E-state index contributed by atoms with van der Waals surface area (Å²) in [5.74, 6) is -5.15. The van der Waals surface area contributed by atoms with Crippen LogP contribution in [0.3, 0.4) is 0 Å². The van der Waals surface area contributed by atoms with Crippen molar-refractivity contribution in [3.63, 3.8) is 0 Å². The number of unbranched alkanes of at least 4 members (excludes halogenated alkanes) is 11. The number of hydrogen-bond acceptors (Lipinski definition) is 4. The van der Waals surface area contributed by atoms with Crippen LogP contribution in [0.15, 0.2) is 36.4 Å². The van der Waals surface area contributed by atoms with E-state index in [1.54, 1.807) is 12.1 Å². The minimum Gasteiger partial charge on any atom is -0.462 e. The van der Waals surface area contributed by atoms with Crippen LogP contribution >= 0.6 is 0 Å². The number of hydrogen-bond donors (Lipinski definition) is 0. The molecule has 0 saturated heterocycles. The molecule has 0 radical (unpaired) electrons. The fourth-order valence-corrected chi connectivity index (χ4v) is 3.92. The zero-order valence-electron chi connectivity index (χ0n) is 21.1. The molecule has 2 aromatic carbocycles. The van der Waals surface area contributed by atoms with Crippen LogP contribution in [-0.4, -0.2) is 18.5 Å². The molecule has 198 valence electrons. The molecule has 0 aliphatic carbocycles. The second kappa shape index (κ2) is 16.8. The summed E-state index contributed by atoms with van der Waals surface area (Å²) in [6, 6.07) is 7.00. The number of benzene rings is 2. The largest absolute Gasteiger partial charge is 0.462 e. The normalized spacial score (nSPS) is 10.9. The Bertz CT molecular complexity index is 962. The average molecular weight is 507 g/mol. The first-order chi connectivity index (χ1) is 17.4. The van der Waals surface area contributed by atoms with Crippen molar-refractivity contribution in [3.8, 4) is 0 Å². The molecule has 0 aliphatic rings. The van der Waals surface area contributed by atoms with Crippen LogP contribution in [0.2, 0.25) is 0 Å². The fourth-order valence-electron chi connectivity index (χ4n) is 3.92. The molecule has 2 aromatic rings. The minimum absolute atomic E-state index is 0.0344. The smallest absolute Gasteiger partial charge is 0.339 e. The molecule has 0 N–H and O–H groups in total. The molecule has 0 aliphatic heterocycles. The molecule has 0 atom stereocenters. The molecular formula is C29H37F3O4. The van der Waals surface area contributed by atoms with E-state index in [9.17, 15) is 22.8 Å². The highest BCUT2D eigenvalue weighted by Gasteiger charge is 2.20. The minimum atomic E-state index is -1.33. The van der Waals surface area contributed by atoms with E-state index in [2.05, 4.69) is 6.92 Å². The maximum atomic E-state index is 13.8. The van der Waals surface area contributed by atoms with Crippen LogP contribution < -0.4 is 0 Å². The molecule has 2 rings (SSSR count). The third-order valence-electron chi connectivity index (χ3n) is 6.05. The lowest BCUT2D eigenvalue weighted by Crippen LogP contribution is -2.15. The second-order valence-electron chi connectivity index (χ2n) is 9.00. The first-order valence-corrected chi connectivity index (χ1v) is 13.0. The Hall–Kier alpha value is -2.83. The highest BCUT2D eigenvalue weighted by atomic mass is 19.2. The van der Waals surface area contributed by atoms with Gasteiger partial charge in [0, 0.05) is 11.6 Å². The third kappa shape index (κ3) is 10.4. The van der Waals surface area contributed by atoms with Gasteiger partial charge in [0.15, 0.2) is 11.6 Å². The monoisotopic (exact) mass is 506 g/mol. The van der Waals surface area contributed by atoms with Gasteiger partial charge in [-0.05, 0) is 24.6 Å². The summed E-state index contributed by atoms with van der Waals surface area (Å²) in [6.07, 6.45) is 14.4. The molecule has 0 heterocycles. The van der Waals surface area contributed by atoms with Gasteiger partial charge in [0.05, 0.1) is 17.7 Å². The van der Waals surface area contributed by atoms with Crippen LogP contribution in [0, 0.1) is 17.5 Å². The van der Waals surface area contributed by atoms with Crippen LogP contribution in [0.4, 0.5) is 13.2 Å². The number of rotatable bonds is 17. The lowest BCUT2D eigenvalue weighted by molar-refractivity contribution is 0.0433. The fraction of sp³-hybridized carbons (Fsp3) is 0.517. The summed E-state index contributed by atoms with van der Waals surface area (Å²) in [5, 5.41) is 0. The highest BCUT2D eigenvalue weighted by molar-refractivity contribution is 6.03. The van der Waals surface area contributed by atoms with Crippen LogP contribution in [-0.2, 0) is 16.1 Å². The van der Waals surface area contributed by atoms with Crippen molar-refractivity contribution >= 4 is 11.9 Å². The summed E-state index contributed by atoms with van der Waals surface area (Å²) in [7, 11) is 0. The topological polar surface area (TPSA) is 52.6 Å². The van der Waals surface area contributed by atoms with Crippen LogP contribution in [0.5, 0.6) is 0 Å². The van der Waals surface area contributed by atoms with E-state index < -0.39 is 36.0 Å². The van der Waals surface area contributed by atoms with E-state index in [0.29, 0.717) is 12.1 Å². The van der Waals surface area contributed by atoms with Gasteiger partial charge in [-0.1, -0.05) is 89.7 Å². The Kier molecular flexibility index (Phi) is 13.7. The van der Waals surface area contributed by atoms with E-state index >= 15 is 0 Å². The lowest BCUT2D eigenvalue weighted by Gasteiger charge is -2.10. The van der Waals surface area contributed by atoms with E-state index in [-0.39, 0.29) is 23.3 Å². The standard InChI is InChI=1S/C29H37F3O4/c1-2-3-4-5-6-7-8-9-10-11-12-15-18-35-28(33)23-16-13-14-17-24(23)29(34)36-21-22-19-26(31)27(32)20-25(22)30/h13-14,16-17,19-20H,2-12,15,18,21H2,1H3. The SMILES string of the molecule is CCCCCCCCCCCCCCOC(=O)c1ccccc1C(=O)OCc1cc(F)c(F)cc1F. The van der Waals surface area contributed by atoms with Crippen LogP contribution in [0.25, 0.3) is 0 Å². The Morgan fingerprint density at radius 2 is 1.11 bits per heavy atom. The molecule has 0 saturated carbocycles. The molecule has 0 spiro atoms. The molecule has 0 bridgehead atoms. The van der Waals surface area contributed by atoms with Gasteiger partial charge in [0.25, 0.3) is 0 Å². The predicted molar refractivity (Wildman–Crippen MR) is 133 cm³/mol. The van der Waals surface area contributed by atoms with Gasteiger partial charge < -0.3 is 9.47 Å². The lowest BCUT2D eigenvalue weighted by atomic mass is 10.1. The maximum absolute atomic E-state index is 13.8. The van der Waals surface area contributed by atoms with Gasteiger partial charge in [0.2, 0.25) is 0 Å². The Morgan fingerprint density at radius 1 is 0.639 bits per heavy atom. The van der Waals surface area contributed by atoms with Crippen molar-refractivity contribution in [2.75, 3.05) is 6.61 Å². The summed E-state index contributed by atoms with van der Waals surface area (Å²) in [5.41, 5.74) is -0.318. The van der Waals surface area contributed by atoms with E-state index in [1.807, 2.05) is 0 Å². The second-order valence-corrected chi connectivity index (χ2v) is 9.00. The maximum Gasteiger partial charge on any atom is 0.339 e. The van der Waals surface area contributed by atoms with Gasteiger partial charge in [-0.3, -0.25) is 0 Å².